The minimum absolute atomic E-state index is 0.198. The van der Waals surface area contributed by atoms with Gasteiger partial charge in [0.15, 0.2) is 23.1 Å². The zero-order valence-corrected chi connectivity index (χ0v) is 9.95. The van der Waals surface area contributed by atoms with Gasteiger partial charge in [0.05, 0.1) is 0 Å². The monoisotopic (exact) mass is 263 g/mol. The van der Waals surface area contributed by atoms with Crippen molar-refractivity contribution in [3.8, 4) is 11.5 Å². The molecule has 3 nitrogen and oxygen atoms in total. The van der Waals surface area contributed by atoms with Gasteiger partial charge in [-0.2, -0.15) is 0 Å². The van der Waals surface area contributed by atoms with Gasteiger partial charge in [0.2, 0.25) is 6.79 Å². The fourth-order valence-electron chi connectivity index (χ4n) is 1.89. The fraction of sp³-hybridized carbons (Fsp3) is 0.143. The predicted molar refractivity (Wildman–Crippen MR) is 66.2 cm³/mol. The Bertz CT molecular complexity index is 616. The van der Waals surface area contributed by atoms with Crippen LogP contribution in [0.2, 0.25) is 0 Å². The molecule has 0 unspecified atom stereocenters. The minimum atomic E-state index is -0.843. The Kier molecular flexibility index (Phi) is 2.95. The summed E-state index contributed by atoms with van der Waals surface area (Å²) in [5, 5.41) is 3.02. The molecule has 5 heteroatoms. The fourth-order valence-corrected chi connectivity index (χ4v) is 1.89. The van der Waals surface area contributed by atoms with Crippen molar-refractivity contribution < 1.29 is 18.3 Å². The predicted octanol–water partition coefficient (Wildman–Crippen LogP) is 3.31. The number of ether oxygens (including phenoxy) is 2. The molecular formula is C14H11F2NO2. The quantitative estimate of drug-likeness (QED) is 0.921. The van der Waals surface area contributed by atoms with Crippen LogP contribution < -0.4 is 14.8 Å². The van der Waals surface area contributed by atoms with Crippen molar-refractivity contribution >= 4 is 5.69 Å². The Hall–Kier alpha value is -2.30. The lowest BCUT2D eigenvalue weighted by molar-refractivity contribution is 0.174. The standard InChI is InChI=1S/C14H11F2NO2/c15-11-3-1-2-9(14(11)16)7-17-10-4-5-12-13(6-10)19-8-18-12/h1-6,17H,7-8H2. The van der Waals surface area contributed by atoms with Crippen molar-refractivity contribution in [3.63, 3.8) is 0 Å². The molecule has 98 valence electrons. The molecule has 2 aromatic rings. The van der Waals surface area contributed by atoms with Gasteiger partial charge in [-0.3, -0.25) is 0 Å². The maximum atomic E-state index is 13.5. The van der Waals surface area contributed by atoms with Gasteiger partial charge in [0.1, 0.15) is 0 Å². The summed E-state index contributed by atoms with van der Waals surface area (Å²) in [6.07, 6.45) is 0. The summed E-state index contributed by atoms with van der Waals surface area (Å²) in [5.41, 5.74) is 1.03. The Labute approximate surface area is 108 Å². The van der Waals surface area contributed by atoms with E-state index in [2.05, 4.69) is 5.32 Å². The third-order valence-corrected chi connectivity index (χ3v) is 2.89. The Morgan fingerprint density at radius 3 is 2.79 bits per heavy atom. The molecule has 0 amide bonds. The maximum absolute atomic E-state index is 13.5. The number of hydrogen-bond donors (Lipinski definition) is 1. The molecule has 1 aliphatic rings. The van der Waals surface area contributed by atoms with Crippen molar-refractivity contribution in [2.45, 2.75) is 6.54 Å². The summed E-state index contributed by atoms with van der Waals surface area (Å²) in [7, 11) is 0. The molecular weight excluding hydrogens is 252 g/mol. The van der Waals surface area contributed by atoms with Crippen LogP contribution in [0.15, 0.2) is 36.4 Å². The summed E-state index contributed by atoms with van der Waals surface area (Å²) in [6.45, 7) is 0.403. The van der Waals surface area contributed by atoms with E-state index in [0.29, 0.717) is 11.5 Å². The number of halogens is 2. The van der Waals surface area contributed by atoms with Crippen LogP contribution in [0.25, 0.3) is 0 Å². The average Bonchev–Trinajstić information content (AvgIpc) is 2.88. The molecule has 1 heterocycles. The van der Waals surface area contributed by atoms with E-state index in [1.165, 1.54) is 6.07 Å². The molecule has 0 saturated heterocycles. The van der Waals surface area contributed by atoms with Crippen LogP contribution in [0.4, 0.5) is 14.5 Å². The molecule has 0 spiro atoms. The van der Waals surface area contributed by atoms with Gasteiger partial charge in [-0.1, -0.05) is 12.1 Å². The molecule has 0 bridgehead atoms. The highest BCUT2D eigenvalue weighted by molar-refractivity contribution is 5.55. The highest BCUT2D eigenvalue weighted by atomic mass is 19.2. The Morgan fingerprint density at radius 2 is 1.89 bits per heavy atom. The number of benzene rings is 2. The van der Waals surface area contributed by atoms with Crippen LogP contribution in [0.1, 0.15) is 5.56 Å². The maximum Gasteiger partial charge on any atom is 0.231 e. The average molecular weight is 263 g/mol. The van der Waals surface area contributed by atoms with Gasteiger partial charge in [-0.25, -0.2) is 8.78 Å². The van der Waals surface area contributed by atoms with Crippen molar-refractivity contribution in [3.05, 3.63) is 53.6 Å². The summed E-state index contributed by atoms with van der Waals surface area (Å²) < 4.78 is 36.9. The lowest BCUT2D eigenvalue weighted by Crippen LogP contribution is -2.03. The smallest absolute Gasteiger partial charge is 0.231 e. The Morgan fingerprint density at radius 1 is 1.05 bits per heavy atom. The van der Waals surface area contributed by atoms with Crippen molar-refractivity contribution in [2.24, 2.45) is 0 Å². The first-order valence-electron chi connectivity index (χ1n) is 5.80. The van der Waals surface area contributed by atoms with Gasteiger partial charge in [0, 0.05) is 23.9 Å². The summed E-state index contributed by atoms with van der Waals surface area (Å²) in [5.74, 6) is -0.340. The van der Waals surface area contributed by atoms with Gasteiger partial charge >= 0.3 is 0 Å². The first-order chi connectivity index (χ1) is 9.24. The second kappa shape index (κ2) is 4.76. The highest BCUT2D eigenvalue weighted by Gasteiger charge is 2.13. The third kappa shape index (κ3) is 2.31. The first-order valence-corrected chi connectivity index (χ1v) is 5.80. The summed E-state index contributed by atoms with van der Waals surface area (Å²) >= 11 is 0. The van der Waals surface area contributed by atoms with Crippen LogP contribution in [0, 0.1) is 11.6 Å². The van der Waals surface area contributed by atoms with Crippen LogP contribution in [0.5, 0.6) is 11.5 Å². The third-order valence-electron chi connectivity index (χ3n) is 2.89. The number of nitrogens with one attached hydrogen (secondary N) is 1. The van der Waals surface area contributed by atoms with Crippen LogP contribution >= 0.6 is 0 Å². The lowest BCUT2D eigenvalue weighted by atomic mass is 10.2. The van der Waals surface area contributed by atoms with E-state index in [-0.39, 0.29) is 18.9 Å². The zero-order chi connectivity index (χ0) is 13.2. The number of fused-ring (bicyclic) bond motifs is 1. The molecule has 3 rings (SSSR count). The molecule has 0 saturated carbocycles. The van der Waals surface area contributed by atoms with Gasteiger partial charge in [-0.05, 0) is 18.2 Å². The SMILES string of the molecule is Fc1cccc(CNc2ccc3c(c2)OCO3)c1F. The lowest BCUT2D eigenvalue weighted by Gasteiger charge is -2.08. The normalized spacial score (nSPS) is 12.5. The van der Waals surface area contributed by atoms with E-state index in [1.54, 1.807) is 24.3 Å². The molecule has 1 N–H and O–H groups in total. The van der Waals surface area contributed by atoms with Gasteiger partial charge < -0.3 is 14.8 Å². The molecule has 19 heavy (non-hydrogen) atoms. The van der Waals surface area contributed by atoms with Crippen LogP contribution in [0.3, 0.4) is 0 Å². The number of rotatable bonds is 3. The van der Waals surface area contributed by atoms with E-state index in [4.69, 9.17) is 9.47 Å². The molecule has 1 aliphatic heterocycles. The Balaban J connectivity index is 1.74. The van der Waals surface area contributed by atoms with E-state index in [0.717, 1.165) is 11.8 Å². The van der Waals surface area contributed by atoms with Crippen LogP contribution in [-0.4, -0.2) is 6.79 Å². The topological polar surface area (TPSA) is 30.5 Å². The first kappa shape index (κ1) is 11.8. The summed E-state index contributed by atoms with van der Waals surface area (Å²) in [4.78, 5) is 0. The second-order valence-electron chi connectivity index (χ2n) is 4.13. The zero-order valence-electron chi connectivity index (χ0n) is 9.95. The van der Waals surface area contributed by atoms with Gasteiger partial charge in [-0.15, -0.1) is 0 Å². The highest BCUT2D eigenvalue weighted by Crippen LogP contribution is 2.34. The second-order valence-corrected chi connectivity index (χ2v) is 4.13. The molecule has 0 fully saturated rings. The minimum Gasteiger partial charge on any atom is -0.454 e. The van der Waals surface area contributed by atoms with Crippen molar-refractivity contribution in [1.82, 2.24) is 0 Å². The van der Waals surface area contributed by atoms with E-state index in [1.807, 2.05) is 0 Å². The molecule has 0 radical (unpaired) electrons. The number of anilines is 1. The molecule has 0 aromatic heterocycles. The number of hydrogen-bond acceptors (Lipinski definition) is 3. The van der Waals surface area contributed by atoms with Crippen LogP contribution in [-0.2, 0) is 6.54 Å². The largest absolute Gasteiger partial charge is 0.454 e. The van der Waals surface area contributed by atoms with Gasteiger partial charge in [0.25, 0.3) is 0 Å². The molecule has 0 atom stereocenters. The van der Waals surface area contributed by atoms with E-state index < -0.39 is 11.6 Å². The molecule has 2 aromatic carbocycles. The van der Waals surface area contributed by atoms with E-state index >= 15 is 0 Å². The van der Waals surface area contributed by atoms with Crippen molar-refractivity contribution in [1.29, 1.82) is 0 Å². The van der Waals surface area contributed by atoms with E-state index in [9.17, 15) is 8.78 Å². The van der Waals surface area contributed by atoms with Crippen molar-refractivity contribution in [2.75, 3.05) is 12.1 Å². The summed E-state index contributed by atoms with van der Waals surface area (Å²) in [6, 6.07) is 9.45. The molecule has 0 aliphatic carbocycles.